The molecule has 98 valence electrons. The number of piperidine rings is 1. The molecule has 0 bridgehead atoms. The van der Waals surface area contributed by atoms with Crippen LogP contribution in [-0.4, -0.2) is 24.1 Å². The van der Waals surface area contributed by atoms with Crippen molar-refractivity contribution in [2.75, 3.05) is 23.3 Å². The van der Waals surface area contributed by atoms with Gasteiger partial charge in [0.1, 0.15) is 5.82 Å². The molecule has 3 nitrogen and oxygen atoms in total. The van der Waals surface area contributed by atoms with Gasteiger partial charge in [0, 0.05) is 19.1 Å². The highest BCUT2D eigenvalue weighted by molar-refractivity contribution is 5.49. The summed E-state index contributed by atoms with van der Waals surface area (Å²) in [6.45, 7) is 4.60. The van der Waals surface area contributed by atoms with Crippen LogP contribution in [-0.2, 0) is 0 Å². The molecular weight excluding hydrogens is 222 g/mol. The van der Waals surface area contributed by atoms with Crippen molar-refractivity contribution in [3.05, 3.63) is 18.3 Å². The first-order chi connectivity index (χ1) is 8.83. The third-order valence-corrected chi connectivity index (χ3v) is 4.15. The molecule has 3 heteroatoms. The molecule has 0 spiro atoms. The maximum absolute atomic E-state index is 4.60. The lowest BCUT2D eigenvalue weighted by molar-refractivity contribution is 0.573. The Bertz CT molecular complexity index is 377. The van der Waals surface area contributed by atoms with Crippen molar-refractivity contribution in [3.63, 3.8) is 0 Å². The lowest BCUT2D eigenvalue weighted by Gasteiger charge is -2.27. The largest absolute Gasteiger partial charge is 0.381 e. The molecule has 1 unspecified atom stereocenters. The van der Waals surface area contributed by atoms with Crippen molar-refractivity contribution in [1.82, 2.24) is 4.98 Å². The summed E-state index contributed by atoms with van der Waals surface area (Å²) in [5.41, 5.74) is 1.16. The fourth-order valence-electron chi connectivity index (χ4n) is 2.76. The van der Waals surface area contributed by atoms with Crippen LogP contribution < -0.4 is 10.2 Å². The van der Waals surface area contributed by atoms with Crippen molar-refractivity contribution < 1.29 is 0 Å². The Labute approximate surface area is 110 Å². The fourth-order valence-corrected chi connectivity index (χ4v) is 2.76. The molecule has 2 heterocycles. The normalized spacial score (nSPS) is 21.7. The zero-order chi connectivity index (χ0) is 12.4. The van der Waals surface area contributed by atoms with Gasteiger partial charge in [0.25, 0.3) is 0 Å². The maximum Gasteiger partial charge on any atom is 0.128 e. The predicted molar refractivity (Wildman–Crippen MR) is 76.1 cm³/mol. The molecule has 2 aliphatic rings. The van der Waals surface area contributed by atoms with Crippen LogP contribution in [0.3, 0.4) is 0 Å². The van der Waals surface area contributed by atoms with Gasteiger partial charge in [0.2, 0.25) is 0 Å². The predicted octanol–water partition coefficient (Wildman–Crippen LogP) is 3.28. The molecule has 2 fully saturated rings. The van der Waals surface area contributed by atoms with Crippen LogP contribution in [0.2, 0.25) is 0 Å². The molecule has 1 aromatic rings. The molecule has 1 aliphatic carbocycles. The van der Waals surface area contributed by atoms with E-state index in [-0.39, 0.29) is 0 Å². The van der Waals surface area contributed by atoms with E-state index in [0.717, 1.165) is 30.5 Å². The second kappa shape index (κ2) is 5.17. The van der Waals surface area contributed by atoms with E-state index in [0.29, 0.717) is 6.04 Å². The molecule has 1 atom stereocenters. The number of nitrogens with zero attached hydrogens (tertiary/aromatic N) is 2. The third-order valence-electron chi connectivity index (χ3n) is 4.15. The second-order valence-electron chi connectivity index (χ2n) is 5.72. The molecule has 18 heavy (non-hydrogen) atoms. The van der Waals surface area contributed by atoms with E-state index in [4.69, 9.17) is 0 Å². The van der Waals surface area contributed by atoms with Crippen LogP contribution in [0, 0.1) is 5.92 Å². The Balaban J connectivity index is 1.60. The van der Waals surface area contributed by atoms with Gasteiger partial charge in [0.05, 0.1) is 11.9 Å². The Hall–Kier alpha value is -1.25. The van der Waals surface area contributed by atoms with Gasteiger partial charge < -0.3 is 10.2 Å². The quantitative estimate of drug-likeness (QED) is 0.882. The Morgan fingerprint density at radius 1 is 1.22 bits per heavy atom. The fraction of sp³-hybridized carbons (Fsp3) is 0.667. The van der Waals surface area contributed by atoms with E-state index in [1.807, 2.05) is 6.20 Å². The molecule has 0 amide bonds. The van der Waals surface area contributed by atoms with Crippen LogP contribution in [0.5, 0.6) is 0 Å². The molecule has 0 aromatic carbocycles. The molecular formula is C15H23N3. The van der Waals surface area contributed by atoms with Gasteiger partial charge in [0.15, 0.2) is 0 Å². The van der Waals surface area contributed by atoms with Crippen molar-refractivity contribution in [2.45, 2.75) is 45.1 Å². The number of hydrogen-bond donors (Lipinski definition) is 1. The maximum atomic E-state index is 4.60. The number of aromatic nitrogens is 1. The van der Waals surface area contributed by atoms with Gasteiger partial charge in [-0.2, -0.15) is 0 Å². The highest BCUT2D eigenvalue weighted by Gasteiger charge is 2.27. The van der Waals surface area contributed by atoms with E-state index in [1.54, 1.807) is 0 Å². The van der Waals surface area contributed by atoms with Crippen LogP contribution >= 0.6 is 0 Å². The molecule has 0 radical (unpaired) electrons. The Morgan fingerprint density at radius 3 is 2.61 bits per heavy atom. The highest BCUT2D eigenvalue weighted by Crippen LogP contribution is 2.34. The van der Waals surface area contributed by atoms with Crippen molar-refractivity contribution in [1.29, 1.82) is 0 Å². The summed E-state index contributed by atoms with van der Waals surface area (Å²) in [5, 5.41) is 3.55. The summed E-state index contributed by atoms with van der Waals surface area (Å²) in [6.07, 6.45) is 8.74. The first kappa shape index (κ1) is 11.8. The monoisotopic (exact) mass is 245 g/mol. The van der Waals surface area contributed by atoms with Crippen LogP contribution in [0.4, 0.5) is 11.5 Å². The summed E-state index contributed by atoms with van der Waals surface area (Å²) in [6, 6.07) is 4.93. The average molecular weight is 245 g/mol. The van der Waals surface area contributed by atoms with Crippen LogP contribution in [0.25, 0.3) is 0 Å². The smallest absolute Gasteiger partial charge is 0.128 e. The van der Waals surface area contributed by atoms with Crippen LogP contribution in [0.15, 0.2) is 18.3 Å². The van der Waals surface area contributed by atoms with Gasteiger partial charge in [-0.3, -0.25) is 0 Å². The van der Waals surface area contributed by atoms with E-state index < -0.39 is 0 Å². The molecule has 1 saturated carbocycles. The highest BCUT2D eigenvalue weighted by atomic mass is 15.2. The minimum atomic E-state index is 0.590. The van der Waals surface area contributed by atoms with Crippen molar-refractivity contribution in [3.8, 4) is 0 Å². The topological polar surface area (TPSA) is 28.2 Å². The van der Waals surface area contributed by atoms with Gasteiger partial charge in [-0.25, -0.2) is 4.98 Å². The van der Waals surface area contributed by atoms with E-state index in [1.165, 1.54) is 32.1 Å². The standard InChI is InChI=1S/C15H23N3/c1-12(13-5-6-13)17-14-7-8-15(16-11-14)18-9-3-2-4-10-18/h7-8,11-13,17H,2-6,9-10H2,1H3. The van der Waals surface area contributed by atoms with E-state index >= 15 is 0 Å². The summed E-state index contributed by atoms with van der Waals surface area (Å²) < 4.78 is 0. The number of hydrogen-bond acceptors (Lipinski definition) is 3. The number of pyridine rings is 1. The minimum Gasteiger partial charge on any atom is -0.381 e. The Kier molecular flexibility index (Phi) is 3.39. The first-order valence-electron chi connectivity index (χ1n) is 7.30. The molecule has 3 rings (SSSR count). The number of rotatable bonds is 4. The second-order valence-corrected chi connectivity index (χ2v) is 5.72. The summed E-state index contributed by atoms with van der Waals surface area (Å²) in [7, 11) is 0. The minimum absolute atomic E-state index is 0.590. The van der Waals surface area contributed by atoms with Crippen molar-refractivity contribution >= 4 is 11.5 Å². The Morgan fingerprint density at radius 2 is 2.00 bits per heavy atom. The van der Waals surface area contributed by atoms with Gasteiger partial charge in [-0.15, -0.1) is 0 Å². The zero-order valence-corrected chi connectivity index (χ0v) is 11.2. The third kappa shape index (κ3) is 2.77. The van der Waals surface area contributed by atoms with Crippen LogP contribution in [0.1, 0.15) is 39.0 Å². The number of nitrogens with one attached hydrogen (secondary N) is 1. The summed E-state index contributed by atoms with van der Waals surface area (Å²) in [5.74, 6) is 2.02. The molecule has 1 aliphatic heterocycles. The van der Waals surface area contributed by atoms with E-state index in [9.17, 15) is 0 Å². The average Bonchev–Trinajstić information content (AvgIpc) is 3.25. The van der Waals surface area contributed by atoms with E-state index in [2.05, 4.69) is 34.3 Å². The van der Waals surface area contributed by atoms with Gasteiger partial charge in [-0.1, -0.05) is 0 Å². The zero-order valence-electron chi connectivity index (χ0n) is 11.2. The van der Waals surface area contributed by atoms with Gasteiger partial charge >= 0.3 is 0 Å². The summed E-state index contributed by atoms with van der Waals surface area (Å²) in [4.78, 5) is 7.00. The lowest BCUT2D eigenvalue weighted by Crippen LogP contribution is -2.30. The number of anilines is 2. The van der Waals surface area contributed by atoms with Crippen molar-refractivity contribution in [2.24, 2.45) is 5.92 Å². The summed E-state index contributed by atoms with van der Waals surface area (Å²) >= 11 is 0. The molecule has 1 N–H and O–H groups in total. The molecule has 1 aromatic heterocycles. The SMILES string of the molecule is CC(Nc1ccc(N2CCCCC2)nc1)C1CC1. The molecule has 1 saturated heterocycles. The lowest BCUT2D eigenvalue weighted by atomic mass is 10.1. The van der Waals surface area contributed by atoms with Gasteiger partial charge in [-0.05, 0) is 57.1 Å². The first-order valence-corrected chi connectivity index (χ1v) is 7.30.